The third-order valence-corrected chi connectivity index (χ3v) is 13.0. The number of fused-ring (bicyclic) bond motifs is 7. The molecule has 9 aromatic rings. The van der Waals surface area contributed by atoms with Crippen LogP contribution in [0.25, 0.3) is 61.2 Å². The Morgan fingerprint density at radius 2 is 0.845 bits per heavy atom. The van der Waals surface area contributed by atoms with Crippen LogP contribution in [0.4, 0.5) is 17.1 Å². The summed E-state index contributed by atoms with van der Waals surface area (Å²) in [6.07, 6.45) is 0. The fourth-order valence-corrected chi connectivity index (χ4v) is 10.1. The van der Waals surface area contributed by atoms with Gasteiger partial charge in [-0.3, -0.25) is 0 Å². The quantitative estimate of drug-likeness (QED) is 0.165. The van der Waals surface area contributed by atoms with Crippen LogP contribution in [0.15, 0.2) is 194 Å². The van der Waals surface area contributed by atoms with Crippen LogP contribution in [-0.4, -0.2) is 4.57 Å². The van der Waals surface area contributed by atoms with Gasteiger partial charge in [0, 0.05) is 44.5 Å². The van der Waals surface area contributed by atoms with Gasteiger partial charge in [-0.15, -0.1) is 0 Å². The zero-order chi connectivity index (χ0) is 39.2. The van der Waals surface area contributed by atoms with Crippen molar-refractivity contribution in [2.24, 2.45) is 0 Å². The van der Waals surface area contributed by atoms with Crippen molar-refractivity contribution in [1.29, 1.82) is 0 Å². The first-order chi connectivity index (χ1) is 28.3. The maximum absolute atomic E-state index is 2.47. The first-order valence-electron chi connectivity index (χ1n) is 20.4. The third-order valence-electron chi connectivity index (χ3n) is 13.0. The summed E-state index contributed by atoms with van der Waals surface area (Å²) in [6, 6.07) is 71.7. The number of hydrogen-bond acceptors (Lipinski definition) is 1. The SMILES string of the molecule is CC1(C)c2ccccc2-c2ccc(N(c3ccc(-c4c(-c5ccccc5)n(-c5ccccc5)c5ccccc45)cc3)c3ccc4c(c3)C(C)(C)c3ccccc3-4)cc21. The molecule has 0 amide bonds. The Hall–Kier alpha value is -6.90. The molecule has 0 bridgehead atoms. The average molecular weight is 745 g/mol. The summed E-state index contributed by atoms with van der Waals surface area (Å²) in [6.45, 7) is 9.47. The minimum atomic E-state index is -0.111. The maximum atomic E-state index is 2.47. The van der Waals surface area contributed by atoms with Gasteiger partial charge in [-0.2, -0.15) is 0 Å². The normalized spacial score (nSPS) is 14.1. The number of rotatable bonds is 6. The highest BCUT2D eigenvalue weighted by Gasteiger charge is 2.37. The van der Waals surface area contributed by atoms with Crippen molar-refractivity contribution in [2.75, 3.05) is 4.90 Å². The number of para-hydroxylation sites is 2. The average Bonchev–Trinajstić information content (AvgIpc) is 3.82. The van der Waals surface area contributed by atoms with E-state index >= 15 is 0 Å². The van der Waals surface area contributed by atoms with Gasteiger partial charge in [0.2, 0.25) is 0 Å². The van der Waals surface area contributed by atoms with Crippen LogP contribution in [0.2, 0.25) is 0 Å². The zero-order valence-corrected chi connectivity index (χ0v) is 33.4. The van der Waals surface area contributed by atoms with E-state index in [1.807, 2.05) is 0 Å². The van der Waals surface area contributed by atoms with Crippen LogP contribution in [0.3, 0.4) is 0 Å². The molecule has 1 heterocycles. The van der Waals surface area contributed by atoms with Crippen molar-refractivity contribution >= 4 is 28.0 Å². The van der Waals surface area contributed by atoms with Gasteiger partial charge < -0.3 is 9.47 Å². The van der Waals surface area contributed by atoms with Gasteiger partial charge in [-0.05, 0) is 110 Å². The van der Waals surface area contributed by atoms with Crippen molar-refractivity contribution in [3.63, 3.8) is 0 Å². The van der Waals surface area contributed by atoms with E-state index in [0.29, 0.717) is 0 Å². The molecule has 0 radical (unpaired) electrons. The molecule has 2 aliphatic rings. The van der Waals surface area contributed by atoms with E-state index in [0.717, 1.165) is 22.7 Å². The number of benzene rings is 8. The molecule has 1 aromatic heterocycles. The van der Waals surface area contributed by atoms with Gasteiger partial charge in [-0.1, -0.05) is 167 Å². The van der Waals surface area contributed by atoms with Crippen LogP contribution in [-0.2, 0) is 10.8 Å². The molecule has 0 unspecified atom stereocenters. The summed E-state index contributed by atoms with van der Waals surface area (Å²) in [7, 11) is 0. The number of anilines is 3. The molecule has 58 heavy (non-hydrogen) atoms. The lowest BCUT2D eigenvalue weighted by Crippen LogP contribution is -2.18. The molecule has 0 atom stereocenters. The summed E-state index contributed by atoms with van der Waals surface area (Å²) in [5.74, 6) is 0. The molecule has 0 N–H and O–H groups in total. The fraction of sp³-hybridized carbons (Fsp3) is 0.107. The zero-order valence-electron chi connectivity index (χ0n) is 33.4. The Morgan fingerprint density at radius 1 is 0.379 bits per heavy atom. The molecular formula is C56H44N2. The molecule has 2 nitrogen and oxygen atoms in total. The highest BCUT2D eigenvalue weighted by molar-refractivity contribution is 6.06. The smallest absolute Gasteiger partial charge is 0.0619 e. The van der Waals surface area contributed by atoms with Crippen molar-refractivity contribution in [3.05, 3.63) is 216 Å². The first-order valence-corrected chi connectivity index (χ1v) is 20.4. The molecule has 8 aromatic carbocycles. The molecule has 0 fully saturated rings. The van der Waals surface area contributed by atoms with Gasteiger partial charge >= 0.3 is 0 Å². The predicted octanol–water partition coefficient (Wildman–Crippen LogP) is 15.0. The number of aromatic nitrogens is 1. The minimum absolute atomic E-state index is 0.111. The Kier molecular flexibility index (Phi) is 7.59. The standard InChI is InChI=1S/C56H44N2/c1-55(2)48-24-14-11-21-43(48)45-33-31-41(35-50(45)55)57(42-32-34-46-44-22-12-15-25-49(44)56(3,4)51(46)36-42)40-29-27-37(28-30-40)53-47-23-13-16-26-52(47)58(39-19-9-6-10-20-39)54(53)38-17-7-5-8-18-38/h5-36H,1-4H3. The van der Waals surface area contributed by atoms with E-state index < -0.39 is 0 Å². The summed E-state index contributed by atoms with van der Waals surface area (Å²) < 4.78 is 2.43. The van der Waals surface area contributed by atoms with E-state index in [-0.39, 0.29) is 10.8 Å². The fourth-order valence-electron chi connectivity index (χ4n) is 10.1. The van der Waals surface area contributed by atoms with Crippen molar-refractivity contribution in [2.45, 2.75) is 38.5 Å². The summed E-state index contributed by atoms with van der Waals surface area (Å²) in [5, 5.41) is 1.23. The van der Waals surface area contributed by atoms with Crippen LogP contribution in [0.5, 0.6) is 0 Å². The lowest BCUT2D eigenvalue weighted by atomic mass is 9.82. The van der Waals surface area contributed by atoms with Gasteiger partial charge in [0.1, 0.15) is 0 Å². The topological polar surface area (TPSA) is 8.17 Å². The number of nitrogens with zero attached hydrogens (tertiary/aromatic N) is 2. The van der Waals surface area contributed by atoms with E-state index in [4.69, 9.17) is 0 Å². The second kappa shape index (κ2) is 12.8. The first kappa shape index (κ1) is 34.4. The second-order valence-corrected chi connectivity index (χ2v) is 17.0. The molecular weight excluding hydrogens is 701 g/mol. The lowest BCUT2D eigenvalue weighted by Gasteiger charge is -2.30. The highest BCUT2D eigenvalue weighted by atomic mass is 15.1. The van der Waals surface area contributed by atoms with Crippen molar-refractivity contribution in [1.82, 2.24) is 4.57 Å². The van der Waals surface area contributed by atoms with Crippen LogP contribution in [0, 0.1) is 0 Å². The van der Waals surface area contributed by atoms with Crippen LogP contribution < -0.4 is 4.90 Å². The van der Waals surface area contributed by atoms with Gasteiger partial charge in [0.25, 0.3) is 0 Å². The van der Waals surface area contributed by atoms with E-state index in [9.17, 15) is 0 Å². The molecule has 2 heteroatoms. The minimum Gasteiger partial charge on any atom is -0.310 e. The summed E-state index contributed by atoms with van der Waals surface area (Å²) >= 11 is 0. The predicted molar refractivity (Wildman–Crippen MR) is 244 cm³/mol. The Bertz CT molecular complexity index is 2930. The second-order valence-electron chi connectivity index (χ2n) is 17.0. The molecule has 0 aliphatic heterocycles. The monoisotopic (exact) mass is 744 g/mol. The third kappa shape index (κ3) is 5.04. The number of hydrogen-bond donors (Lipinski definition) is 0. The molecule has 278 valence electrons. The molecule has 0 saturated carbocycles. The largest absolute Gasteiger partial charge is 0.310 e. The van der Waals surface area contributed by atoms with Crippen molar-refractivity contribution < 1.29 is 0 Å². The molecule has 2 aliphatic carbocycles. The molecule has 0 spiro atoms. The van der Waals surface area contributed by atoms with E-state index in [1.165, 1.54) is 77.8 Å². The maximum Gasteiger partial charge on any atom is 0.0619 e. The lowest BCUT2D eigenvalue weighted by molar-refractivity contribution is 0.660. The Labute approximate surface area is 341 Å². The van der Waals surface area contributed by atoms with E-state index in [2.05, 4.69) is 231 Å². The van der Waals surface area contributed by atoms with Crippen LogP contribution in [0.1, 0.15) is 49.9 Å². The molecule has 0 saturated heterocycles. The van der Waals surface area contributed by atoms with Crippen molar-refractivity contribution in [3.8, 4) is 50.3 Å². The Morgan fingerprint density at radius 3 is 1.43 bits per heavy atom. The van der Waals surface area contributed by atoms with Gasteiger partial charge in [-0.25, -0.2) is 0 Å². The highest BCUT2D eigenvalue weighted by Crippen LogP contribution is 2.53. The van der Waals surface area contributed by atoms with Gasteiger partial charge in [0.15, 0.2) is 0 Å². The molecule has 11 rings (SSSR count). The summed E-state index contributed by atoms with van der Waals surface area (Å²) in [4.78, 5) is 2.47. The Balaban J connectivity index is 1.10. The summed E-state index contributed by atoms with van der Waals surface area (Å²) in [5.41, 5.74) is 21.2. The van der Waals surface area contributed by atoms with Gasteiger partial charge in [0.05, 0.1) is 11.2 Å². The van der Waals surface area contributed by atoms with E-state index in [1.54, 1.807) is 0 Å². The van der Waals surface area contributed by atoms with Crippen LogP contribution >= 0.6 is 0 Å².